The Morgan fingerprint density at radius 3 is 1.25 bits per heavy atom. The Morgan fingerprint density at radius 2 is 0.797 bits per heavy atom. The maximum atomic E-state index is 15.5. The van der Waals surface area contributed by atoms with Gasteiger partial charge in [0.1, 0.15) is 23.0 Å². The molecule has 0 N–H and O–H groups in total. The molecule has 324 valence electrons. The number of ether oxygens (including phenoxy) is 2. The molecule has 10 unspecified atom stereocenters. The van der Waals surface area contributed by atoms with E-state index in [1.807, 2.05) is 109 Å². The fourth-order valence-corrected chi connectivity index (χ4v) is 22.3. The molecular formula is C54H52N2O4P2S2. The summed E-state index contributed by atoms with van der Waals surface area (Å²) in [5, 5.41) is 6.92. The second-order valence-corrected chi connectivity index (χ2v) is 27.2. The van der Waals surface area contributed by atoms with Gasteiger partial charge in [0.2, 0.25) is 0 Å². The predicted molar refractivity (Wildman–Crippen MR) is 268 cm³/mol. The molecule has 6 aromatic rings. The van der Waals surface area contributed by atoms with Gasteiger partial charge in [-0.05, 0) is 87.1 Å². The molecule has 0 bridgehead atoms. The van der Waals surface area contributed by atoms with Crippen molar-refractivity contribution in [2.24, 2.45) is 0 Å². The lowest BCUT2D eigenvalue weighted by molar-refractivity contribution is 0.287. The van der Waals surface area contributed by atoms with E-state index in [0.29, 0.717) is 56.7 Å². The van der Waals surface area contributed by atoms with Crippen molar-refractivity contribution in [1.29, 1.82) is 0 Å². The van der Waals surface area contributed by atoms with Crippen LogP contribution in [0.25, 0.3) is 0 Å². The SMILES string of the molecule is O=P1(c2ccccc2)c2ccccc2Oc2cc(N3C4CCCCC4SC4CC5C(CC43)SC3CCCCC3N5c3ccc4c(c3)Oc3ccccc3P4(=O)c3ccccc3)ccc21. The van der Waals surface area contributed by atoms with Crippen molar-refractivity contribution < 1.29 is 18.6 Å². The van der Waals surface area contributed by atoms with Gasteiger partial charge in [0.25, 0.3) is 0 Å². The summed E-state index contributed by atoms with van der Waals surface area (Å²) >= 11 is 4.59. The van der Waals surface area contributed by atoms with Crippen LogP contribution in [0.1, 0.15) is 64.2 Å². The largest absolute Gasteiger partial charge is 0.456 e. The van der Waals surface area contributed by atoms with E-state index in [0.717, 1.165) is 56.2 Å². The van der Waals surface area contributed by atoms with E-state index in [2.05, 4.69) is 69.7 Å². The highest BCUT2D eigenvalue weighted by atomic mass is 32.2. The van der Waals surface area contributed by atoms with Gasteiger partial charge in [-0.1, -0.05) is 111 Å². The third kappa shape index (κ3) is 6.14. The fourth-order valence-electron chi connectivity index (χ4n) is 12.7. The van der Waals surface area contributed by atoms with Crippen LogP contribution in [-0.2, 0) is 9.13 Å². The summed E-state index contributed by atoms with van der Waals surface area (Å²) in [6.45, 7) is 0. The second-order valence-electron chi connectivity index (χ2n) is 18.9. The third-order valence-corrected chi connectivity index (χ3v) is 25.3. The molecule has 7 aliphatic rings. The molecule has 5 fully saturated rings. The molecule has 4 aliphatic heterocycles. The lowest BCUT2D eigenvalue weighted by Gasteiger charge is -2.61. The van der Waals surface area contributed by atoms with E-state index < -0.39 is 14.3 Å². The van der Waals surface area contributed by atoms with E-state index in [9.17, 15) is 0 Å². The molecule has 64 heavy (non-hydrogen) atoms. The quantitative estimate of drug-likeness (QED) is 0.162. The van der Waals surface area contributed by atoms with E-state index in [-0.39, 0.29) is 0 Å². The van der Waals surface area contributed by atoms with Crippen LogP contribution in [0.4, 0.5) is 11.4 Å². The zero-order valence-electron chi connectivity index (χ0n) is 35.8. The number of para-hydroxylation sites is 2. The Morgan fingerprint density at radius 1 is 0.406 bits per heavy atom. The van der Waals surface area contributed by atoms with Crippen molar-refractivity contribution in [2.45, 2.75) is 109 Å². The van der Waals surface area contributed by atoms with Gasteiger partial charge in [-0.3, -0.25) is 0 Å². The number of nitrogens with zero attached hydrogens (tertiary/aromatic N) is 2. The third-order valence-electron chi connectivity index (χ3n) is 15.5. The Labute approximate surface area is 385 Å². The smallest absolute Gasteiger partial charge is 0.178 e. The maximum absolute atomic E-state index is 15.5. The molecule has 3 aliphatic carbocycles. The first-order valence-electron chi connectivity index (χ1n) is 23.5. The molecule has 10 heteroatoms. The zero-order valence-corrected chi connectivity index (χ0v) is 39.2. The van der Waals surface area contributed by atoms with E-state index in [1.54, 1.807) is 0 Å². The van der Waals surface area contributed by atoms with Crippen LogP contribution in [0.15, 0.2) is 146 Å². The van der Waals surface area contributed by atoms with Crippen LogP contribution in [0.3, 0.4) is 0 Å². The van der Waals surface area contributed by atoms with Gasteiger partial charge in [-0.15, -0.1) is 0 Å². The van der Waals surface area contributed by atoms with E-state index in [4.69, 9.17) is 9.47 Å². The number of fused-ring (bicyclic) bond motifs is 8. The first kappa shape index (κ1) is 40.0. The highest BCUT2D eigenvalue weighted by molar-refractivity contribution is 8.01. The Hall–Kier alpha value is -4.32. The van der Waals surface area contributed by atoms with Gasteiger partial charge < -0.3 is 28.4 Å². The molecule has 0 amide bonds. The summed E-state index contributed by atoms with van der Waals surface area (Å²) in [5.41, 5.74) is 2.43. The molecular weight excluding hydrogens is 867 g/mol. The summed E-state index contributed by atoms with van der Waals surface area (Å²) in [4.78, 5) is 5.70. The Bertz CT molecular complexity index is 2690. The molecule has 6 aromatic carbocycles. The molecule has 3 saturated carbocycles. The van der Waals surface area contributed by atoms with Crippen LogP contribution in [0.2, 0.25) is 0 Å². The van der Waals surface area contributed by atoms with Crippen LogP contribution in [-0.4, -0.2) is 45.2 Å². The number of hydrogen-bond donors (Lipinski definition) is 0. The van der Waals surface area contributed by atoms with E-state index >= 15 is 9.13 Å². The zero-order chi connectivity index (χ0) is 42.6. The molecule has 4 heterocycles. The minimum absolute atomic E-state index is 0.384. The molecule has 13 rings (SSSR count). The summed E-state index contributed by atoms with van der Waals surface area (Å²) in [5.74, 6) is 2.86. The summed E-state index contributed by atoms with van der Waals surface area (Å²) in [6.07, 6.45) is 12.2. The highest BCUT2D eigenvalue weighted by Crippen LogP contribution is 2.58. The van der Waals surface area contributed by atoms with Crippen LogP contribution in [0.5, 0.6) is 23.0 Å². The van der Waals surface area contributed by atoms with Gasteiger partial charge in [0, 0.05) is 79.3 Å². The highest BCUT2D eigenvalue weighted by Gasteiger charge is 2.55. The minimum atomic E-state index is -3.16. The number of anilines is 2. The lowest BCUT2D eigenvalue weighted by atomic mass is 9.82. The molecule has 0 radical (unpaired) electrons. The maximum Gasteiger partial charge on any atom is 0.178 e. The van der Waals surface area contributed by atoms with Gasteiger partial charge >= 0.3 is 0 Å². The molecule has 6 nitrogen and oxygen atoms in total. The van der Waals surface area contributed by atoms with Crippen LogP contribution < -0.4 is 51.1 Å². The van der Waals surface area contributed by atoms with Gasteiger partial charge in [0.15, 0.2) is 14.3 Å². The fraction of sp³-hybridized carbons (Fsp3) is 0.333. The van der Waals surface area contributed by atoms with Crippen molar-refractivity contribution in [3.63, 3.8) is 0 Å². The average molecular weight is 919 g/mol. The number of benzene rings is 6. The number of rotatable bonds is 4. The van der Waals surface area contributed by atoms with Crippen molar-refractivity contribution in [1.82, 2.24) is 0 Å². The molecule has 0 spiro atoms. The van der Waals surface area contributed by atoms with Crippen LogP contribution in [0, 0.1) is 0 Å². The minimum Gasteiger partial charge on any atom is -0.456 e. The lowest BCUT2D eigenvalue weighted by Crippen LogP contribution is -2.67. The van der Waals surface area contributed by atoms with Gasteiger partial charge in [-0.2, -0.15) is 23.5 Å². The van der Waals surface area contributed by atoms with Crippen molar-refractivity contribution >= 4 is 81.0 Å². The van der Waals surface area contributed by atoms with Gasteiger partial charge in [-0.25, -0.2) is 0 Å². The topological polar surface area (TPSA) is 59.1 Å². The Balaban J connectivity index is 0.880. The van der Waals surface area contributed by atoms with Crippen molar-refractivity contribution in [3.8, 4) is 23.0 Å². The molecule has 2 saturated heterocycles. The van der Waals surface area contributed by atoms with Crippen LogP contribution >= 0.6 is 37.8 Å². The number of hydrogen-bond acceptors (Lipinski definition) is 8. The van der Waals surface area contributed by atoms with Crippen molar-refractivity contribution in [3.05, 3.63) is 146 Å². The first-order chi connectivity index (χ1) is 31.5. The predicted octanol–water partition coefficient (Wildman–Crippen LogP) is 10.9. The Kier molecular flexibility index (Phi) is 9.78. The first-order valence-corrected chi connectivity index (χ1v) is 28.8. The standard InChI is InChI=1S/C54H52N2O4P2S2/c57-61(37-15-3-1-4-16-37)47-23-11-9-21-43(47)59-45-31-35(27-29-49(45)61)55-39-19-7-13-25-51(39)63-53-34-42-54(33-41(53)55)64-52-26-14-8-20-40(52)56(42)36-28-30-50-46(32-36)60-44-22-10-12-24-48(44)62(50,58)38-17-5-2-6-18-38/h1-6,9-12,15-18,21-24,27-32,39-42,51-54H,7-8,13-14,19-20,25-26,33-34H2. The monoisotopic (exact) mass is 918 g/mol. The molecule has 10 atom stereocenters. The summed E-state index contributed by atoms with van der Waals surface area (Å²) in [7, 11) is -6.32. The van der Waals surface area contributed by atoms with Gasteiger partial charge in [0.05, 0.1) is 21.2 Å². The second kappa shape index (κ2) is 15.7. The van der Waals surface area contributed by atoms with Crippen molar-refractivity contribution in [2.75, 3.05) is 9.80 Å². The van der Waals surface area contributed by atoms with E-state index in [1.165, 1.54) is 62.7 Å². The average Bonchev–Trinajstić information content (AvgIpc) is 3.34. The summed E-state index contributed by atoms with van der Waals surface area (Å²) in [6, 6.07) is 50.9. The number of thioether (sulfide) groups is 2. The summed E-state index contributed by atoms with van der Waals surface area (Å²) < 4.78 is 44.6. The molecule has 0 aromatic heterocycles. The normalized spacial score (nSPS) is 32.1.